The van der Waals surface area contributed by atoms with Gasteiger partial charge in [0.15, 0.2) is 5.11 Å². The molecule has 3 nitrogen and oxygen atoms in total. The zero-order valence-electron chi connectivity index (χ0n) is 9.54. The van der Waals surface area contributed by atoms with Gasteiger partial charge in [-0.3, -0.25) is 4.90 Å². The van der Waals surface area contributed by atoms with Crippen LogP contribution in [0, 0.1) is 0 Å². The molecule has 0 atom stereocenters. The van der Waals surface area contributed by atoms with E-state index in [4.69, 9.17) is 12.2 Å². The summed E-state index contributed by atoms with van der Waals surface area (Å²) in [6, 6.07) is 0.781. The molecule has 0 radical (unpaired) electrons. The molecule has 2 aliphatic rings. The number of nitrogens with one attached hydrogen (secondary N) is 1. The third kappa shape index (κ3) is 2.61. The first-order valence-electron chi connectivity index (χ1n) is 6.08. The predicted octanol–water partition coefficient (Wildman–Crippen LogP) is 1.75. The van der Waals surface area contributed by atoms with Gasteiger partial charge >= 0.3 is 0 Å². The summed E-state index contributed by atoms with van der Waals surface area (Å²) in [4.78, 5) is 4.78. The Balaban J connectivity index is 1.89. The van der Waals surface area contributed by atoms with E-state index in [1.165, 1.54) is 32.1 Å². The molecule has 1 aliphatic carbocycles. The van der Waals surface area contributed by atoms with Gasteiger partial charge in [-0.1, -0.05) is 19.3 Å². The van der Waals surface area contributed by atoms with E-state index < -0.39 is 0 Å². The van der Waals surface area contributed by atoms with Gasteiger partial charge in [-0.05, 0) is 32.0 Å². The first kappa shape index (κ1) is 11.1. The van der Waals surface area contributed by atoms with Crippen molar-refractivity contribution >= 4 is 17.3 Å². The lowest BCUT2D eigenvalue weighted by atomic mass is 9.94. The van der Waals surface area contributed by atoms with Crippen LogP contribution in [0.4, 0.5) is 0 Å². The second-order valence-corrected chi connectivity index (χ2v) is 4.90. The van der Waals surface area contributed by atoms with E-state index in [-0.39, 0.29) is 0 Å². The van der Waals surface area contributed by atoms with Crippen LogP contribution in [0.25, 0.3) is 0 Å². The fourth-order valence-electron chi connectivity index (χ4n) is 2.55. The Hall–Kier alpha value is -0.350. The lowest BCUT2D eigenvalue weighted by Crippen LogP contribution is -2.58. The van der Waals surface area contributed by atoms with Crippen LogP contribution in [0.3, 0.4) is 0 Å². The van der Waals surface area contributed by atoms with Crippen LogP contribution < -0.4 is 5.32 Å². The van der Waals surface area contributed by atoms with Gasteiger partial charge in [0, 0.05) is 12.6 Å². The summed E-state index contributed by atoms with van der Waals surface area (Å²) in [7, 11) is 0. The minimum atomic E-state index is 0.781. The molecule has 0 aromatic carbocycles. The summed E-state index contributed by atoms with van der Waals surface area (Å²) in [5, 5.41) is 4.23. The Bertz CT molecular complexity index is 226. The van der Waals surface area contributed by atoms with Crippen LogP contribution in [0.2, 0.25) is 0 Å². The summed E-state index contributed by atoms with van der Waals surface area (Å²) in [6.45, 7) is 5.14. The monoisotopic (exact) mass is 227 g/mol. The van der Waals surface area contributed by atoms with Crippen molar-refractivity contribution in [3.05, 3.63) is 0 Å². The molecule has 2 rings (SSSR count). The first-order valence-corrected chi connectivity index (χ1v) is 6.49. The fraction of sp³-hybridized carbons (Fsp3) is 0.909. The molecule has 1 saturated carbocycles. The van der Waals surface area contributed by atoms with Gasteiger partial charge in [-0.15, -0.1) is 0 Å². The molecule has 2 fully saturated rings. The van der Waals surface area contributed by atoms with Gasteiger partial charge < -0.3 is 10.2 Å². The second kappa shape index (κ2) is 5.12. The van der Waals surface area contributed by atoms with Crippen molar-refractivity contribution in [2.24, 2.45) is 0 Å². The summed E-state index contributed by atoms with van der Waals surface area (Å²) in [6.07, 6.45) is 6.96. The molecule has 86 valence electrons. The van der Waals surface area contributed by atoms with E-state index in [0.29, 0.717) is 0 Å². The van der Waals surface area contributed by atoms with Crippen molar-refractivity contribution in [1.82, 2.24) is 15.1 Å². The van der Waals surface area contributed by atoms with Gasteiger partial charge in [0.25, 0.3) is 0 Å². The Morgan fingerprint density at radius 1 is 1.33 bits per heavy atom. The Morgan fingerprint density at radius 3 is 2.73 bits per heavy atom. The molecule has 0 aromatic rings. The molecule has 0 amide bonds. The maximum atomic E-state index is 5.27. The smallest absolute Gasteiger partial charge is 0.170 e. The molecular weight excluding hydrogens is 206 g/mol. The van der Waals surface area contributed by atoms with Gasteiger partial charge in [-0.2, -0.15) is 0 Å². The summed E-state index contributed by atoms with van der Waals surface area (Å²) < 4.78 is 0. The van der Waals surface area contributed by atoms with E-state index in [1.807, 2.05) is 0 Å². The molecule has 1 aliphatic heterocycles. The van der Waals surface area contributed by atoms with E-state index in [9.17, 15) is 0 Å². The number of thiocarbonyl (C=S) groups is 1. The average Bonchev–Trinajstić information content (AvgIpc) is 2.31. The minimum Gasteiger partial charge on any atom is -0.350 e. The van der Waals surface area contributed by atoms with Crippen LogP contribution in [0.5, 0.6) is 0 Å². The number of hydrogen-bond acceptors (Lipinski definition) is 2. The highest BCUT2D eigenvalue weighted by Gasteiger charge is 2.26. The van der Waals surface area contributed by atoms with E-state index in [1.54, 1.807) is 0 Å². The maximum absolute atomic E-state index is 5.27. The van der Waals surface area contributed by atoms with Crippen LogP contribution in [-0.2, 0) is 0 Å². The molecular formula is C11H21N3S. The maximum Gasteiger partial charge on any atom is 0.170 e. The van der Waals surface area contributed by atoms with Crippen molar-refractivity contribution in [1.29, 1.82) is 0 Å². The van der Waals surface area contributed by atoms with Gasteiger partial charge in [0.1, 0.15) is 0 Å². The topological polar surface area (TPSA) is 18.5 Å². The van der Waals surface area contributed by atoms with Gasteiger partial charge in [0.2, 0.25) is 0 Å². The average molecular weight is 227 g/mol. The largest absolute Gasteiger partial charge is 0.350 e. The Morgan fingerprint density at radius 2 is 2.07 bits per heavy atom. The lowest BCUT2D eigenvalue weighted by Gasteiger charge is -2.42. The zero-order chi connectivity index (χ0) is 10.7. The molecule has 0 unspecified atom stereocenters. The lowest BCUT2D eigenvalue weighted by molar-refractivity contribution is 0.0856. The van der Waals surface area contributed by atoms with Crippen molar-refractivity contribution < 1.29 is 0 Å². The van der Waals surface area contributed by atoms with Crippen LogP contribution in [0.15, 0.2) is 0 Å². The van der Waals surface area contributed by atoms with Crippen molar-refractivity contribution in [2.45, 2.75) is 45.1 Å². The fourth-order valence-corrected chi connectivity index (χ4v) is 2.80. The van der Waals surface area contributed by atoms with Gasteiger partial charge in [-0.25, -0.2) is 0 Å². The highest BCUT2D eigenvalue weighted by atomic mass is 32.1. The highest BCUT2D eigenvalue weighted by Crippen LogP contribution is 2.23. The standard InChI is InChI=1S/C11H21N3S/c1-2-13-9-14(8-12-11(13)15)10-6-4-3-5-7-10/h10H,2-9H2,1H3,(H,12,15). The number of hydrogen-bond donors (Lipinski definition) is 1. The molecule has 1 heterocycles. The molecule has 4 heteroatoms. The quantitative estimate of drug-likeness (QED) is 0.724. The first-order chi connectivity index (χ1) is 7.31. The van der Waals surface area contributed by atoms with Crippen molar-refractivity contribution in [2.75, 3.05) is 19.9 Å². The van der Waals surface area contributed by atoms with Crippen molar-refractivity contribution in [3.8, 4) is 0 Å². The number of nitrogens with zero attached hydrogens (tertiary/aromatic N) is 2. The molecule has 0 aromatic heterocycles. The number of rotatable bonds is 2. The summed E-state index contributed by atoms with van der Waals surface area (Å²) >= 11 is 5.27. The second-order valence-electron chi connectivity index (χ2n) is 4.52. The molecule has 0 bridgehead atoms. The normalized spacial score (nSPS) is 25.4. The van der Waals surface area contributed by atoms with Crippen LogP contribution in [0.1, 0.15) is 39.0 Å². The molecule has 1 N–H and O–H groups in total. The van der Waals surface area contributed by atoms with Crippen molar-refractivity contribution in [3.63, 3.8) is 0 Å². The zero-order valence-corrected chi connectivity index (χ0v) is 10.4. The SMILES string of the molecule is CCN1CN(C2CCCCC2)CNC1=S. The van der Waals surface area contributed by atoms with Gasteiger partial charge in [0.05, 0.1) is 13.3 Å². The minimum absolute atomic E-state index is 0.781. The van der Waals surface area contributed by atoms with Crippen LogP contribution in [-0.4, -0.2) is 40.8 Å². The highest BCUT2D eigenvalue weighted by molar-refractivity contribution is 7.80. The van der Waals surface area contributed by atoms with E-state index >= 15 is 0 Å². The molecule has 15 heavy (non-hydrogen) atoms. The van der Waals surface area contributed by atoms with E-state index in [2.05, 4.69) is 22.0 Å². The Labute approximate surface area is 97.8 Å². The van der Waals surface area contributed by atoms with Crippen LogP contribution >= 0.6 is 12.2 Å². The summed E-state index contributed by atoms with van der Waals surface area (Å²) in [5.41, 5.74) is 0. The third-order valence-corrected chi connectivity index (χ3v) is 3.95. The molecule has 1 saturated heterocycles. The predicted molar refractivity (Wildman–Crippen MR) is 66.6 cm³/mol. The summed E-state index contributed by atoms with van der Waals surface area (Å²) in [5.74, 6) is 0. The van der Waals surface area contributed by atoms with E-state index in [0.717, 1.165) is 31.0 Å². The molecule has 0 spiro atoms. The third-order valence-electron chi connectivity index (χ3n) is 3.55. The Kier molecular flexibility index (Phi) is 3.81.